The Morgan fingerprint density at radius 3 is 1.70 bits per heavy atom. The average molecular weight is 945 g/mol. The van der Waals surface area contributed by atoms with Gasteiger partial charge in [-0.3, -0.25) is 28.0 Å². The summed E-state index contributed by atoms with van der Waals surface area (Å²) < 4.78 is 47.7. The molecule has 0 saturated heterocycles. The fourth-order valence-corrected chi connectivity index (χ4v) is 8.62. The van der Waals surface area contributed by atoms with Crippen molar-refractivity contribution in [2.75, 3.05) is 26.4 Å². The normalized spacial score (nSPS) is 20.4. The van der Waals surface area contributed by atoms with Crippen molar-refractivity contribution in [3.63, 3.8) is 0 Å². The molecule has 1 unspecified atom stereocenters. The summed E-state index contributed by atoms with van der Waals surface area (Å²) in [6, 6.07) is 0. The third kappa shape index (κ3) is 32.7. The van der Waals surface area contributed by atoms with Gasteiger partial charge in [-0.25, -0.2) is 9.13 Å². The predicted molar refractivity (Wildman–Crippen MR) is 237 cm³/mol. The Balaban J connectivity index is 2.55. The van der Waals surface area contributed by atoms with Gasteiger partial charge < -0.3 is 44.6 Å². The van der Waals surface area contributed by atoms with E-state index in [4.69, 9.17) is 23.8 Å². The highest BCUT2D eigenvalue weighted by Gasteiger charge is 2.41. The Morgan fingerprint density at radius 1 is 0.619 bits per heavy atom. The molecule has 0 aromatic carbocycles. The number of phosphoric ester groups is 2. The standard InChI is InChI=1S/C44H82O17P2/c1-3-5-7-8-9-10-11-12-13-14-15-16-17-18-20-26-44(51)61-38(34-60-63(55,56)59-32-37(47)31-58-62(52,53)54)33-57-43(50)25-22-21-24-36(46)29-40-39(41(48)30-42(40)49)28-27-35(45)23-19-6-4-2/h27-28,35,37-42,45,47-49H,3-26,29-34H2,1-2H3,(H,55,56)(H2,52,53,54)/b28-27+/t35-,37-,38+,39+,40+,41+,42-/m0/s1. The van der Waals surface area contributed by atoms with E-state index < -0.39 is 96.4 Å². The van der Waals surface area contributed by atoms with Gasteiger partial charge in [-0.2, -0.15) is 0 Å². The lowest BCUT2D eigenvalue weighted by Gasteiger charge is -2.21. The number of aliphatic hydroxyl groups excluding tert-OH is 4. The van der Waals surface area contributed by atoms with Crippen LogP contribution < -0.4 is 0 Å². The number of unbranched alkanes of at least 4 members (excludes halogenated alkanes) is 17. The summed E-state index contributed by atoms with van der Waals surface area (Å²) in [7, 11) is -9.80. The molecule has 1 saturated carbocycles. The molecule has 1 aliphatic rings. The molecular formula is C44H82O17P2. The molecule has 0 aromatic heterocycles. The molecule has 17 nitrogen and oxygen atoms in total. The number of esters is 2. The number of Topliss-reactive ketones (excluding diaryl/α,β-unsaturated/α-hetero) is 1. The van der Waals surface area contributed by atoms with Crippen molar-refractivity contribution >= 4 is 33.4 Å². The van der Waals surface area contributed by atoms with Gasteiger partial charge in [0.15, 0.2) is 6.10 Å². The first-order chi connectivity index (χ1) is 30.0. The molecule has 1 aliphatic carbocycles. The van der Waals surface area contributed by atoms with Gasteiger partial charge in [0.05, 0.1) is 38.1 Å². The zero-order valence-electron chi connectivity index (χ0n) is 38.0. The van der Waals surface area contributed by atoms with Gasteiger partial charge in [-0.1, -0.05) is 135 Å². The number of carbonyl (C=O) groups excluding carboxylic acids is 3. The van der Waals surface area contributed by atoms with E-state index in [0.717, 1.165) is 44.9 Å². The lowest BCUT2D eigenvalue weighted by Crippen LogP contribution is -2.30. The van der Waals surface area contributed by atoms with Crippen LogP contribution in [0.25, 0.3) is 0 Å². The Labute approximate surface area is 375 Å². The van der Waals surface area contributed by atoms with E-state index in [9.17, 15) is 48.8 Å². The van der Waals surface area contributed by atoms with Crippen molar-refractivity contribution in [3.8, 4) is 0 Å². The van der Waals surface area contributed by atoms with Crippen molar-refractivity contribution in [3.05, 3.63) is 12.2 Å². The maximum absolute atomic E-state index is 12.9. The molecule has 0 heterocycles. The number of hydrogen-bond acceptors (Lipinski definition) is 14. The van der Waals surface area contributed by atoms with Gasteiger partial charge in [0.25, 0.3) is 0 Å². The molecule has 0 aliphatic heterocycles. The molecule has 63 heavy (non-hydrogen) atoms. The number of ether oxygens (including phenoxy) is 2. The predicted octanol–water partition coefficient (Wildman–Crippen LogP) is 7.68. The smallest absolute Gasteiger partial charge is 0.462 e. The van der Waals surface area contributed by atoms with Crippen LogP contribution in [0.5, 0.6) is 0 Å². The largest absolute Gasteiger partial charge is 0.472 e. The minimum atomic E-state index is -4.91. The van der Waals surface area contributed by atoms with Crippen LogP contribution >= 0.6 is 15.6 Å². The first-order valence-electron chi connectivity index (χ1n) is 23.6. The fraction of sp³-hybridized carbons (Fsp3) is 0.886. The molecular weight excluding hydrogens is 862 g/mol. The number of ketones is 1. The van der Waals surface area contributed by atoms with Gasteiger partial charge in [-0.05, 0) is 25.7 Å². The second-order valence-electron chi connectivity index (χ2n) is 17.0. The van der Waals surface area contributed by atoms with E-state index in [1.165, 1.54) is 64.2 Å². The van der Waals surface area contributed by atoms with Crippen molar-refractivity contribution < 1.29 is 81.7 Å². The molecule has 1 rings (SSSR count). The van der Waals surface area contributed by atoms with Crippen LogP contribution in [0.1, 0.15) is 181 Å². The van der Waals surface area contributed by atoms with E-state index in [1.54, 1.807) is 12.2 Å². The number of hydrogen-bond donors (Lipinski definition) is 7. The monoisotopic (exact) mass is 945 g/mol. The fourth-order valence-electron chi connectivity index (χ4n) is 7.46. The Kier molecular flexibility index (Phi) is 33.6. The summed E-state index contributed by atoms with van der Waals surface area (Å²) in [5, 5.41) is 41.1. The molecule has 1 fully saturated rings. The lowest BCUT2D eigenvalue weighted by atomic mass is 9.87. The first kappa shape index (κ1) is 59.4. The highest BCUT2D eigenvalue weighted by atomic mass is 31.2. The van der Waals surface area contributed by atoms with Gasteiger partial charge in [0, 0.05) is 43.9 Å². The van der Waals surface area contributed by atoms with Crippen molar-refractivity contribution in [1.29, 1.82) is 0 Å². The molecule has 7 N–H and O–H groups in total. The zero-order valence-corrected chi connectivity index (χ0v) is 39.8. The number of aliphatic hydroxyl groups is 4. The van der Waals surface area contributed by atoms with E-state index in [1.807, 2.05) is 0 Å². The minimum Gasteiger partial charge on any atom is -0.462 e. The van der Waals surface area contributed by atoms with Gasteiger partial charge in [0.2, 0.25) is 0 Å². The molecule has 0 amide bonds. The van der Waals surface area contributed by atoms with Crippen LogP contribution in [0.15, 0.2) is 12.2 Å². The highest BCUT2D eigenvalue weighted by Crippen LogP contribution is 2.44. The zero-order chi connectivity index (χ0) is 46.9. The van der Waals surface area contributed by atoms with Crippen molar-refractivity contribution in [2.24, 2.45) is 11.8 Å². The second kappa shape index (κ2) is 35.6. The van der Waals surface area contributed by atoms with Crippen LogP contribution in [0.2, 0.25) is 0 Å². The van der Waals surface area contributed by atoms with E-state index in [2.05, 4.69) is 22.9 Å². The maximum atomic E-state index is 12.9. The summed E-state index contributed by atoms with van der Waals surface area (Å²) >= 11 is 0. The molecule has 370 valence electrons. The number of carbonyl (C=O) groups is 3. The van der Waals surface area contributed by atoms with Gasteiger partial charge >= 0.3 is 27.6 Å². The second-order valence-corrected chi connectivity index (χ2v) is 19.7. The summed E-state index contributed by atoms with van der Waals surface area (Å²) in [6.07, 6.45) is 19.7. The van der Waals surface area contributed by atoms with E-state index in [-0.39, 0.29) is 44.3 Å². The molecule has 0 aromatic rings. The minimum absolute atomic E-state index is 0.0363. The lowest BCUT2D eigenvalue weighted by molar-refractivity contribution is -0.161. The summed E-state index contributed by atoms with van der Waals surface area (Å²) in [5.41, 5.74) is 0. The molecule has 8 atom stereocenters. The summed E-state index contributed by atoms with van der Waals surface area (Å²) in [6.45, 7) is 1.25. The average Bonchev–Trinajstić information content (AvgIpc) is 3.49. The number of phosphoric acid groups is 2. The summed E-state index contributed by atoms with van der Waals surface area (Å²) in [4.78, 5) is 65.8. The maximum Gasteiger partial charge on any atom is 0.472 e. The Bertz CT molecular complexity index is 1340. The van der Waals surface area contributed by atoms with Crippen LogP contribution in [0, 0.1) is 11.8 Å². The molecule has 0 bridgehead atoms. The molecule has 0 spiro atoms. The number of rotatable bonds is 41. The van der Waals surface area contributed by atoms with E-state index >= 15 is 0 Å². The highest BCUT2D eigenvalue weighted by molar-refractivity contribution is 7.47. The van der Waals surface area contributed by atoms with Crippen LogP contribution in [-0.2, 0) is 46.6 Å². The van der Waals surface area contributed by atoms with Crippen LogP contribution in [-0.4, -0.2) is 110 Å². The first-order valence-corrected chi connectivity index (χ1v) is 26.6. The van der Waals surface area contributed by atoms with Crippen molar-refractivity contribution in [1.82, 2.24) is 0 Å². The Morgan fingerprint density at radius 2 is 1.11 bits per heavy atom. The van der Waals surface area contributed by atoms with Gasteiger partial charge in [-0.15, -0.1) is 0 Å². The SMILES string of the molecule is CCCCCCCCCCCCCCCCCC(=O)O[C@H](COC(=O)CCCCC(=O)C[C@@H]1[C@@H](/C=C/[C@@H](O)CCCCC)[C@H](O)C[C@@H]1O)COP(=O)(O)OC[C@@H](O)COP(=O)(O)O. The summed E-state index contributed by atoms with van der Waals surface area (Å²) in [5.74, 6) is -2.42. The van der Waals surface area contributed by atoms with Gasteiger partial charge in [0.1, 0.15) is 18.5 Å². The third-order valence-corrected chi connectivity index (χ3v) is 12.6. The Hall–Kier alpha value is -1.59. The van der Waals surface area contributed by atoms with Crippen LogP contribution in [0.3, 0.4) is 0 Å². The quantitative estimate of drug-likeness (QED) is 0.0134. The molecule has 19 heteroatoms. The molecule has 0 radical (unpaired) electrons. The third-order valence-electron chi connectivity index (χ3n) is 11.1. The topological polar surface area (TPSA) is 273 Å². The van der Waals surface area contributed by atoms with Crippen molar-refractivity contribution in [2.45, 2.75) is 211 Å². The van der Waals surface area contributed by atoms with Crippen LogP contribution in [0.4, 0.5) is 0 Å². The van der Waals surface area contributed by atoms with E-state index in [0.29, 0.717) is 19.3 Å².